The molecular formula is C11H15N3O2. The van der Waals surface area contributed by atoms with Crippen LogP contribution in [0, 0.1) is 12.8 Å². The zero-order valence-electron chi connectivity index (χ0n) is 9.26. The number of hydrogen-bond acceptors (Lipinski definition) is 4. The van der Waals surface area contributed by atoms with Gasteiger partial charge in [0.1, 0.15) is 11.6 Å². The normalized spacial score (nSPS) is 20.8. The van der Waals surface area contributed by atoms with E-state index in [4.69, 9.17) is 5.11 Å². The summed E-state index contributed by atoms with van der Waals surface area (Å²) in [6, 6.07) is 1.83. The van der Waals surface area contributed by atoms with Crippen molar-refractivity contribution in [2.75, 3.05) is 18.0 Å². The zero-order valence-corrected chi connectivity index (χ0v) is 9.26. The van der Waals surface area contributed by atoms with Gasteiger partial charge in [-0.15, -0.1) is 0 Å². The van der Waals surface area contributed by atoms with E-state index in [0.717, 1.165) is 31.0 Å². The molecule has 2 rings (SSSR count). The number of carboxylic acids is 1. The molecule has 1 aromatic heterocycles. The van der Waals surface area contributed by atoms with Crippen molar-refractivity contribution in [3.8, 4) is 0 Å². The Labute approximate surface area is 94.1 Å². The molecule has 16 heavy (non-hydrogen) atoms. The largest absolute Gasteiger partial charge is 0.481 e. The molecule has 0 radical (unpaired) electrons. The monoisotopic (exact) mass is 221 g/mol. The topological polar surface area (TPSA) is 66.3 Å². The van der Waals surface area contributed by atoms with Crippen molar-refractivity contribution < 1.29 is 9.90 Å². The van der Waals surface area contributed by atoms with Crippen LogP contribution in [0.1, 0.15) is 18.7 Å². The maximum atomic E-state index is 10.9. The minimum Gasteiger partial charge on any atom is -0.481 e. The Balaban J connectivity index is 2.12. The second-order valence-electron chi connectivity index (χ2n) is 4.09. The van der Waals surface area contributed by atoms with Gasteiger partial charge >= 0.3 is 5.97 Å². The van der Waals surface area contributed by atoms with Crippen LogP contribution >= 0.6 is 0 Å². The molecule has 1 aliphatic rings. The molecule has 0 spiro atoms. The van der Waals surface area contributed by atoms with Crippen LogP contribution in [0.3, 0.4) is 0 Å². The summed E-state index contributed by atoms with van der Waals surface area (Å²) in [5, 5.41) is 9.00. The van der Waals surface area contributed by atoms with Gasteiger partial charge in [-0.25, -0.2) is 9.97 Å². The predicted molar refractivity (Wildman–Crippen MR) is 59.3 cm³/mol. The highest BCUT2D eigenvalue weighted by Crippen LogP contribution is 2.21. The predicted octanol–water partition coefficient (Wildman–Crippen LogP) is 1.09. The number of hydrogen-bond donors (Lipinski definition) is 1. The van der Waals surface area contributed by atoms with E-state index in [1.807, 2.05) is 17.9 Å². The van der Waals surface area contributed by atoms with Gasteiger partial charge in [0.25, 0.3) is 0 Å². The summed E-state index contributed by atoms with van der Waals surface area (Å²) < 4.78 is 0. The average Bonchev–Trinajstić information content (AvgIpc) is 2.29. The van der Waals surface area contributed by atoms with E-state index in [2.05, 4.69) is 9.97 Å². The molecule has 1 aliphatic heterocycles. The van der Waals surface area contributed by atoms with E-state index in [1.165, 1.54) is 0 Å². The molecule has 2 heterocycles. The molecule has 1 N–H and O–H groups in total. The second kappa shape index (κ2) is 4.47. The summed E-state index contributed by atoms with van der Waals surface area (Å²) in [5.41, 5.74) is 0. The van der Waals surface area contributed by atoms with Gasteiger partial charge in [-0.1, -0.05) is 0 Å². The summed E-state index contributed by atoms with van der Waals surface area (Å²) >= 11 is 0. The number of aryl methyl sites for hydroxylation is 1. The molecule has 86 valence electrons. The number of carboxylic acid groups (broad SMARTS) is 1. The van der Waals surface area contributed by atoms with E-state index >= 15 is 0 Å². The second-order valence-corrected chi connectivity index (χ2v) is 4.09. The van der Waals surface area contributed by atoms with Crippen molar-refractivity contribution >= 4 is 11.8 Å². The van der Waals surface area contributed by atoms with Crippen LogP contribution in [0.5, 0.6) is 0 Å². The smallest absolute Gasteiger partial charge is 0.308 e. The van der Waals surface area contributed by atoms with Crippen LogP contribution in [0.4, 0.5) is 5.82 Å². The van der Waals surface area contributed by atoms with Gasteiger partial charge in [0.15, 0.2) is 0 Å². The van der Waals surface area contributed by atoms with Crippen molar-refractivity contribution in [2.24, 2.45) is 5.92 Å². The first-order chi connectivity index (χ1) is 7.66. The highest BCUT2D eigenvalue weighted by molar-refractivity contribution is 5.71. The van der Waals surface area contributed by atoms with Crippen molar-refractivity contribution in [1.29, 1.82) is 0 Å². The van der Waals surface area contributed by atoms with Crippen molar-refractivity contribution in [3.63, 3.8) is 0 Å². The first kappa shape index (κ1) is 10.9. The third-order valence-electron chi connectivity index (χ3n) is 2.86. The third-order valence-corrected chi connectivity index (χ3v) is 2.86. The fourth-order valence-electron chi connectivity index (χ4n) is 2.01. The summed E-state index contributed by atoms with van der Waals surface area (Å²) in [5.74, 6) is 0.563. The number of anilines is 1. The van der Waals surface area contributed by atoms with Crippen LogP contribution in [0.25, 0.3) is 0 Å². The van der Waals surface area contributed by atoms with Crippen LogP contribution < -0.4 is 4.90 Å². The van der Waals surface area contributed by atoms with Crippen molar-refractivity contribution in [1.82, 2.24) is 9.97 Å². The Bertz CT molecular complexity index is 395. The van der Waals surface area contributed by atoms with Crippen LogP contribution in [0.15, 0.2) is 12.3 Å². The van der Waals surface area contributed by atoms with Gasteiger partial charge in [0.05, 0.1) is 5.92 Å². The standard InChI is InChI=1S/C11H15N3O2/c1-8-12-5-4-10(13-8)14-6-2-3-9(7-14)11(15)16/h4-5,9H,2-3,6-7H2,1H3,(H,15,16). The van der Waals surface area contributed by atoms with Crippen LogP contribution in [-0.2, 0) is 4.79 Å². The van der Waals surface area contributed by atoms with E-state index in [1.54, 1.807) is 6.20 Å². The lowest BCUT2D eigenvalue weighted by Gasteiger charge is -2.31. The van der Waals surface area contributed by atoms with Gasteiger partial charge < -0.3 is 10.0 Å². The lowest BCUT2D eigenvalue weighted by molar-refractivity contribution is -0.141. The Hall–Kier alpha value is -1.65. The quantitative estimate of drug-likeness (QED) is 0.809. The molecule has 0 aliphatic carbocycles. The molecular weight excluding hydrogens is 206 g/mol. The molecule has 5 nitrogen and oxygen atoms in total. The molecule has 1 atom stereocenters. The molecule has 0 aromatic carbocycles. The molecule has 5 heteroatoms. The van der Waals surface area contributed by atoms with Gasteiger partial charge in [0.2, 0.25) is 0 Å². The summed E-state index contributed by atoms with van der Waals surface area (Å²) in [4.78, 5) is 21.3. The molecule has 0 amide bonds. The molecule has 0 saturated carbocycles. The van der Waals surface area contributed by atoms with Crippen molar-refractivity contribution in [3.05, 3.63) is 18.1 Å². The SMILES string of the molecule is Cc1nccc(N2CCCC(C(=O)O)C2)n1. The lowest BCUT2D eigenvalue weighted by atomic mass is 9.98. The minimum atomic E-state index is -0.713. The van der Waals surface area contributed by atoms with Gasteiger partial charge in [-0.05, 0) is 25.8 Å². The Morgan fingerprint density at radius 1 is 1.62 bits per heavy atom. The fraction of sp³-hybridized carbons (Fsp3) is 0.545. The number of nitrogens with zero attached hydrogens (tertiary/aromatic N) is 3. The highest BCUT2D eigenvalue weighted by Gasteiger charge is 2.25. The molecule has 1 aromatic rings. The first-order valence-corrected chi connectivity index (χ1v) is 5.44. The molecule has 0 bridgehead atoms. The number of aromatic nitrogens is 2. The Kier molecular flexibility index (Phi) is 3.03. The number of aliphatic carboxylic acids is 1. The van der Waals surface area contributed by atoms with Crippen LogP contribution in [-0.4, -0.2) is 34.1 Å². The fourth-order valence-corrected chi connectivity index (χ4v) is 2.01. The third kappa shape index (κ3) is 2.29. The van der Waals surface area contributed by atoms with E-state index in [0.29, 0.717) is 6.54 Å². The summed E-state index contributed by atoms with van der Waals surface area (Å²) in [6.45, 7) is 3.26. The first-order valence-electron chi connectivity index (χ1n) is 5.44. The Morgan fingerprint density at radius 3 is 3.12 bits per heavy atom. The van der Waals surface area contributed by atoms with E-state index in [-0.39, 0.29) is 5.92 Å². The van der Waals surface area contributed by atoms with Gasteiger partial charge in [-0.3, -0.25) is 4.79 Å². The Morgan fingerprint density at radius 2 is 2.44 bits per heavy atom. The zero-order chi connectivity index (χ0) is 11.5. The maximum Gasteiger partial charge on any atom is 0.308 e. The molecule has 1 saturated heterocycles. The minimum absolute atomic E-state index is 0.274. The van der Waals surface area contributed by atoms with E-state index in [9.17, 15) is 4.79 Å². The number of piperidine rings is 1. The number of carbonyl (C=O) groups is 1. The van der Waals surface area contributed by atoms with Gasteiger partial charge in [-0.2, -0.15) is 0 Å². The maximum absolute atomic E-state index is 10.9. The van der Waals surface area contributed by atoms with Crippen molar-refractivity contribution in [2.45, 2.75) is 19.8 Å². The number of rotatable bonds is 2. The molecule has 1 unspecified atom stereocenters. The lowest BCUT2D eigenvalue weighted by Crippen LogP contribution is -2.39. The summed E-state index contributed by atoms with van der Waals surface area (Å²) in [7, 11) is 0. The molecule has 1 fully saturated rings. The van der Waals surface area contributed by atoms with Crippen LogP contribution in [0.2, 0.25) is 0 Å². The van der Waals surface area contributed by atoms with Gasteiger partial charge in [0, 0.05) is 19.3 Å². The van der Waals surface area contributed by atoms with E-state index < -0.39 is 5.97 Å². The highest BCUT2D eigenvalue weighted by atomic mass is 16.4. The summed E-state index contributed by atoms with van der Waals surface area (Å²) in [6.07, 6.45) is 3.37. The average molecular weight is 221 g/mol.